The van der Waals surface area contributed by atoms with E-state index in [0.29, 0.717) is 22.5 Å². The van der Waals surface area contributed by atoms with Crippen molar-refractivity contribution in [3.8, 4) is 16.9 Å². The first kappa shape index (κ1) is 19.7. The maximum absolute atomic E-state index is 6.45. The Morgan fingerprint density at radius 1 is 1.31 bits per heavy atom. The first-order valence-electron chi connectivity index (χ1n) is 9.65. The van der Waals surface area contributed by atoms with Crippen molar-refractivity contribution in [2.24, 2.45) is 7.05 Å². The van der Waals surface area contributed by atoms with Gasteiger partial charge in [-0.05, 0) is 38.7 Å². The Morgan fingerprint density at radius 3 is 2.79 bits per heavy atom. The fourth-order valence-electron chi connectivity index (χ4n) is 3.68. The van der Waals surface area contributed by atoms with Crippen LogP contribution in [0.2, 0.25) is 5.15 Å². The van der Waals surface area contributed by atoms with Gasteiger partial charge in [0, 0.05) is 42.7 Å². The number of ether oxygens (including phenoxy) is 2. The number of nitrogens with zero attached hydrogens (tertiary/aromatic N) is 5. The molecule has 1 aliphatic heterocycles. The van der Waals surface area contributed by atoms with Crippen LogP contribution < -0.4 is 10.1 Å². The number of hydrogen-bond donors (Lipinski definition) is 1. The Morgan fingerprint density at radius 2 is 2.14 bits per heavy atom. The molecule has 29 heavy (non-hydrogen) atoms. The molecule has 0 radical (unpaired) electrons. The second-order valence-corrected chi connectivity index (χ2v) is 7.61. The summed E-state index contributed by atoms with van der Waals surface area (Å²) in [6.07, 6.45) is 6.88. The maximum atomic E-state index is 6.45. The summed E-state index contributed by atoms with van der Waals surface area (Å²) in [5.41, 5.74) is 3.62. The van der Waals surface area contributed by atoms with Crippen LogP contribution >= 0.6 is 11.6 Å². The Bertz CT molecular complexity index is 1020. The van der Waals surface area contributed by atoms with Crippen molar-refractivity contribution in [3.63, 3.8) is 0 Å². The van der Waals surface area contributed by atoms with Gasteiger partial charge in [-0.2, -0.15) is 10.2 Å². The molecule has 1 unspecified atom stereocenters. The number of nitrogens with one attached hydrogen (secondary N) is 1. The Balaban J connectivity index is 1.71. The number of pyridine rings is 1. The maximum Gasteiger partial charge on any atom is 0.176 e. The fraction of sp³-hybridized carbons (Fsp3) is 0.450. The molecule has 8 nitrogen and oxygen atoms in total. The summed E-state index contributed by atoms with van der Waals surface area (Å²) in [4.78, 5) is 4.50. The van der Waals surface area contributed by atoms with E-state index in [0.717, 1.165) is 48.3 Å². The Labute approximate surface area is 174 Å². The molecule has 1 N–H and O–H groups in total. The minimum Gasteiger partial charge on any atom is -0.492 e. The molecule has 1 atom stereocenters. The van der Waals surface area contributed by atoms with Crippen LogP contribution in [-0.2, 0) is 11.8 Å². The number of hydrogen-bond acceptors (Lipinski definition) is 6. The summed E-state index contributed by atoms with van der Waals surface area (Å²) in [5.74, 6) is 1.77. The zero-order valence-electron chi connectivity index (χ0n) is 17.1. The van der Waals surface area contributed by atoms with Gasteiger partial charge in [0.15, 0.2) is 23.6 Å². The highest BCUT2D eigenvalue weighted by Gasteiger charge is 2.22. The summed E-state index contributed by atoms with van der Waals surface area (Å²) >= 11 is 6.45. The van der Waals surface area contributed by atoms with Crippen LogP contribution in [0.3, 0.4) is 0 Å². The lowest BCUT2D eigenvalue weighted by Gasteiger charge is -2.23. The topological polar surface area (TPSA) is 79.0 Å². The molecule has 0 saturated carbocycles. The van der Waals surface area contributed by atoms with Gasteiger partial charge in [-0.25, -0.2) is 9.67 Å². The third-order valence-electron chi connectivity index (χ3n) is 5.13. The lowest BCUT2D eigenvalue weighted by Crippen LogP contribution is -2.20. The molecule has 1 fully saturated rings. The molecular weight excluding hydrogens is 392 g/mol. The third-order valence-corrected chi connectivity index (χ3v) is 5.50. The van der Waals surface area contributed by atoms with Gasteiger partial charge in [-0.1, -0.05) is 11.6 Å². The molecule has 4 heterocycles. The SMILES string of the molecule is COc1c(Nc2cc(C)n(C3CCCCO3)n2)nc(Cl)c(C)c1-c1cnn(C)c1. The Kier molecular flexibility index (Phi) is 5.47. The van der Waals surface area contributed by atoms with E-state index in [9.17, 15) is 0 Å². The lowest BCUT2D eigenvalue weighted by molar-refractivity contribution is -0.0404. The van der Waals surface area contributed by atoms with E-state index in [2.05, 4.69) is 20.5 Å². The first-order valence-corrected chi connectivity index (χ1v) is 10.0. The van der Waals surface area contributed by atoms with Gasteiger partial charge in [0.2, 0.25) is 0 Å². The van der Waals surface area contributed by atoms with Crippen LogP contribution in [0.5, 0.6) is 5.75 Å². The predicted octanol–water partition coefficient (Wildman–Crippen LogP) is 4.40. The first-order chi connectivity index (χ1) is 14.0. The number of aryl methyl sites for hydroxylation is 2. The summed E-state index contributed by atoms with van der Waals surface area (Å²) < 4.78 is 15.3. The quantitative estimate of drug-likeness (QED) is 0.621. The van der Waals surface area contributed by atoms with E-state index < -0.39 is 0 Å². The standard InChI is InChI=1S/C20H25ClN6O2/c1-12-9-15(25-27(12)16-7-5-6-8-29-16)23-20-18(28-4)17(13(2)19(21)24-20)14-10-22-26(3)11-14/h9-11,16H,5-8H2,1-4H3,(H,23,24,25). The summed E-state index contributed by atoms with van der Waals surface area (Å²) in [5, 5.41) is 12.6. The van der Waals surface area contributed by atoms with Gasteiger partial charge >= 0.3 is 0 Å². The molecule has 0 amide bonds. The number of halogens is 1. The van der Waals surface area contributed by atoms with E-state index in [1.54, 1.807) is 18.0 Å². The van der Waals surface area contributed by atoms with Crippen molar-refractivity contribution >= 4 is 23.2 Å². The molecule has 3 aromatic rings. The highest BCUT2D eigenvalue weighted by atomic mass is 35.5. The van der Waals surface area contributed by atoms with E-state index in [1.165, 1.54) is 0 Å². The molecule has 9 heteroatoms. The van der Waals surface area contributed by atoms with Crippen molar-refractivity contribution in [1.29, 1.82) is 0 Å². The highest BCUT2D eigenvalue weighted by Crippen LogP contribution is 2.41. The molecule has 0 aliphatic carbocycles. The fourth-order valence-corrected chi connectivity index (χ4v) is 3.86. The predicted molar refractivity (Wildman–Crippen MR) is 112 cm³/mol. The van der Waals surface area contributed by atoms with Gasteiger partial charge < -0.3 is 14.8 Å². The van der Waals surface area contributed by atoms with Crippen molar-refractivity contribution in [2.75, 3.05) is 19.0 Å². The van der Waals surface area contributed by atoms with Crippen molar-refractivity contribution in [2.45, 2.75) is 39.3 Å². The van der Waals surface area contributed by atoms with Crippen LogP contribution in [0.25, 0.3) is 11.1 Å². The van der Waals surface area contributed by atoms with E-state index in [-0.39, 0.29) is 6.23 Å². The van der Waals surface area contributed by atoms with Gasteiger partial charge in [0.1, 0.15) is 5.15 Å². The minimum atomic E-state index is -0.0262. The van der Waals surface area contributed by atoms with E-state index in [4.69, 9.17) is 21.1 Å². The van der Waals surface area contributed by atoms with Crippen molar-refractivity contribution in [1.82, 2.24) is 24.5 Å². The summed E-state index contributed by atoms with van der Waals surface area (Å²) in [7, 11) is 3.49. The largest absolute Gasteiger partial charge is 0.492 e. The van der Waals surface area contributed by atoms with Crippen molar-refractivity contribution < 1.29 is 9.47 Å². The zero-order chi connectivity index (χ0) is 20.5. The van der Waals surface area contributed by atoms with Crippen molar-refractivity contribution in [3.05, 3.63) is 34.9 Å². The van der Waals surface area contributed by atoms with Gasteiger partial charge in [-0.3, -0.25) is 4.68 Å². The summed E-state index contributed by atoms with van der Waals surface area (Å²) in [6, 6.07) is 1.97. The van der Waals surface area contributed by atoms with Crippen LogP contribution in [0.1, 0.15) is 36.7 Å². The monoisotopic (exact) mass is 416 g/mol. The van der Waals surface area contributed by atoms with Gasteiger partial charge in [-0.15, -0.1) is 0 Å². The van der Waals surface area contributed by atoms with Crippen LogP contribution in [0.4, 0.5) is 11.6 Å². The molecule has 3 aromatic heterocycles. The number of methoxy groups -OCH3 is 1. The molecular formula is C20H25ClN6O2. The van der Waals surface area contributed by atoms with Crippen LogP contribution in [-0.4, -0.2) is 38.3 Å². The number of aromatic nitrogens is 5. The number of rotatable bonds is 5. The molecule has 1 saturated heterocycles. The molecule has 1 aliphatic rings. The van der Waals surface area contributed by atoms with E-state index >= 15 is 0 Å². The Hall–Kier alpha value is -2.58. The lowest BCUT2D eigenvalue weighted by atomic mass is 10.0. The van der Waals surface area contributed by atoms with Gasteiger partial charge in [0.05, 0.1) is 13.3 Å². The minimum absolute atomic E-state index is 0.0262. The third kappa shape index (κ3) is 3.82. The van der Waals surface area contributed by atoms with E-state index in [1.807, 2.05) is 37.8 Å². The second kappa shape index (κ2) is 8.04. The van der Waals surface area contributed by atoms with Crippen LogP contribution in [0.15, 0.2) is 18.5 Å². The normalized spacial score (nSPS) is 16.8. The second-order valence-electron chi connectivity index (χ2n) is 7.25. The summed E-state index contributed by atoms with van der Waals surface area (Å²) in [6.45, 7) is 4.71. The smallest absolute Gasteiger partial charge is 0.176 e. The number of anilines is 2. The molecule has 0 bridgehead atoms. The highest BCUT2D eigenvalue weighted by molar-refractivity contribution is 6.30. The molecule has 0 spiro atoms. The zero-order valence-corrected chi connectivity index (χ0v) is 17.8. The average Bonchev–Trinajstić information content (AvgIpc) is 3.30. The molecule has 0 aromatic carbocycles. The molecule has 154 valence electrons. The molecule has 4 rings (SSSR count). The van der Waals surface area contributed by atoms with Gasteiger partial charge in [0.25, 0.3) is 0 Å². The van der Waals surface area contributed by atoms with Crippen LogP contribution in [0, 0.1) is 13.8 Å². The average molecular weight is 417 g/mol.